The van der Waals surface area contributed by atoms with Crippen molar-refractivity contribution in [3.05, 3.63) is 57.7 Å². The zero-order valence-corrected chi connectivity index (χ0v) is 11.1. The van der Waals surface area contributed by atoms with Crippen LogP contribution in [-0.2, 0) is 12.8 Å². The molecule has 0 heterocycles. The van der Waals surface area contributed by atoms with Gasteiger partial charge in [0.1, 0.15) is 0 Å². The van der Waals surface area contributed by atoms with Gasteiger partial charge < -0.3 is 0 Å². The summed E-state index contributed by atoms with van der Waals surface area (Å²) in [7, 11) is 0. The van der Waals surface area contributed by atoms with Gasteiger partial charge in [-0.25, -0.2) is 17.6 Å². The molecule has 0 fully saturated rings. The lowest BCUT2D eigenvalue weighted by Crippen LogP contribution is -2.09. The predicted octanol–water partition coefficient (Wildman–Crippen LogP) is 4.67. The lowest BCUT2D eigenvalue weighted by Gasteiger charge is -2.21. The minimum Gasteiger partial charge on any atom is -0.203 e. The van der Waals surface area contributed by atoms with Crippen LogP contribution in [0.2, 0.25) is 0 Å². The van der Waals surface area contributed by atoms with Crippen molar-refractivity contribution in [2.75, 3.05) is 0 Å². The molecule has 0 N–H and O–H groups in total. The summed E-state index contributed by atoms with van der Waals surface area (Å²) in [5.41, 5.74) is 2.73. The number of halogens is 4. The second-order valence-electron chi connectivity index (χ2n) is 5.09. The highest BCUT2D eigenvalue weighted by Crippen LogP contribution is 2.37. The number of allylic oxidation sites excluding steroid dienone is 2. The fourth-order valence-corrected chi connectivity index (χ4v) is 3.05. The van der Waals surface area contributed by atoms with Crippen LogP contribution in [-0.4, -0.2) is 0 Å². The van der Waals surface area contributed by atoms with Gasteiger partial charge in [0.15, 0.2) is 23.3 Å². The van der Waals surface area contributed by atoms with Crippen LogP contribution in [0.4, 0.5) is 17.6 Å². The van der Waals surface area contributed by atoms with Crippen LogP contribution in [0.5, 0.6) is 0 Å². The smallest absolute Gasteiger partial charge is 0.198 e. The van der Waals surface area contributed by atoms with E-state index in [0.29, 0.717) is 24.0 Å². The molecular weight excluding hydrogens is 268 g/mol. The zero-order chi connectivity index (χ0) is 14.6. The molecule has 0 unspecified atom stereocenters. The van der Waals surface area contributed by atoms with Crippen molar-refractivity contribution < 1.29 is 17.6 Å². The van der Waals surface area contributed by atoms with Gasteiger partial charge in [-0.05, 0) is 48.9 Å². The fraction of sp³-hybridized carbons (Fsp3) is 0.250. The number of rotatable bonds is 0. The first-order chi connectivity index (χ1) is 9.45. The maximum Gasteiger partial charge on any atom is 0.198 e. The topological polar surface area (TPSA) is 0 Å². The summed E-state index contributed by atoms with van der Waals surface area (Å²) in [5.74, 6) is -6.11. The summed E-state index contributed by atoms with van der Waals surface area (Å²) in [6.07, 6.45) is 5.07. The van der Waals surface area contributed by atoms with E-state index in [1.165, 1.54) is 0 Å². The third-order valence-corrected chi connectivity index (χ3v) is 4.10. The molecule has 0 aromatic heterocycles. The number of benzene rings is 2. The van der Waals surface area contributed by atoms with Gasteiger partial charge in [-0.2, -0.15) is 0 Å². The highest BCUT2D eigenvalue weighted by molar-refractivity contribution is 5.92. The Labute approximate surface area is 113 Å². The molecule has 3 rings (SSSR count). The number of hydrogen-bond acceptors (Lipinski definition) is 0. The van der Waals surface area contributed by atoms with E-state index in [-0.39, 0.29) is 10.8 Å². The summed E-state index contributed by atoms with van der Waals surface area (Å²) in [6.45, 7) is 3.25. The summed E-state index contributed by atoms with van der Waals surface area (Å²) >= 11 is 0. The minimum absolute atomic E-state index is 0.145. The maximum atomic E-state index is 14.1. The van der Waals surface area contributed by atoms with E-state index >= 15 is 0 Å². The number of aryl methyl sites for hydroxylation is 2. The largest absolute Gasteiger partial charge is 0.203 e. The molecule has 2 aromatic carbocycles. The Kier molecular flexibility index (Phi) is 2.85. The summed E-state index contributed by atoms with van der Waals surface area (Å²) in [4.78, 5) is 0. The Hall–Kier alpha value is -1.84. The van der Waals surface area contributed by atoms with Crippen molar-refractivity contribution in [2.45, 2.75) is 26.7 Å². The first-order valence-electron chi connectivity index (χ1n) is 6.36. The molecule has 0 aliphatic heterocycles. The number of fused-ring (bicyclic) bond motifs is 2. The molecule has 1 aliphatic carbocycles. The van der Waals surface area contributed by atoms with Gasteiger partial charge in [0.2, 0.25) is 0 Å². The lowest BCUT2D eigenvalue weighted by molar-refractivity contribution is 0.417. The molecule has 0 bridgehead atoms. The van der Waals surface area contributed by atoms with Crippen molar-refractivity contribution in [3.63, 3.8) is 0 Å². The Bertz CT molecular complexity index is 708. The Morgan fingerprint density at radius 1 is 0.650 bits per heavy atom. The van der Waals surface area contributed by atoms with Crippen LogP contribution in [0.1, 0.15) is 22.3 Å². The molecule has 104 valence electrons. The van der Waals surface area contributed by atoms with Gasteiger partial charge in [-0.1, -0.05) is 12.2 Å². The standard InChI is InChI=1S/C16H12F4/c1-7-9-5-3-4-6-10(9)8(2)12-11(7)13(17)15(19)16(20)14(12)18/h3-4H,5-6H2,1-2H3. The summed E-state index contributed by atoms with van der Waals surface area (Å²) < 4.78 is 55.0. The van der Waals surface area contributed by atoms with Gasteiger partial charge in [0.25, 0.3) is 0 Å². The molecule has 0 spiro atoms. The van der Waals surface area contributed by atoms with E-state index in [1.54, 1.807) is 13.8 Å². The summed E-state index contributed by atoms with van der Waals surface area (Å²) in [5, 5.41) is -0.291. The van der Waals surface area contributed by atoms with Crippen LogP contribution in [0, 0.1) is 37.1 Å². The maximum absolute atomic E-state index is 14.1. The van der Waals surface area contributed by atoms with Crippen LogP contribution >= 0.6 is 0 Å². The van der Waals surface area contributed by atoms with Crippen LogP contribution in [0.25, 0.3) is 10.8 Å². The Balaban J connectivity index is 2.59. The molecule has 0 amide bonds. The molecule has 20 heavy (non-hydrogen) atoms. The second kappa shape index (κ2) is 4.33. The van der Waals surface area contributed by atoms with Gasteiger partial charge >= 0.3 is 0 Å². The molecule has 4 heteroatoms. The molecule has 0 saturated heterocycles. The third kappa shape index (κ3) is 1.54. The Morgan fingerprint density at radius 2 is 1.00 bits per heavy atom. The fourth-order valence-electron chi connectivity index (χ4n) is 3.05. The highest BCUT2D eigenvalue weighted by atomic mass is 19.2. The quantitative estimate of drug-likeness (QED) is 0.285. The normalized spacial score (nSPS) is 13.9. The van der Waals surface area contributed by atoms with Gasteiger partial charge in [0, 0.05) is 10.8 Å². The highest BCUT2D eigenvalue weighted by Gasteiger charge is 2.26. The van der Waals surface area contributed by atoms with E-state index in [1.807, 2.05) is 12.2 Å². The van der Waals surface area contributed by atoms with E-state index in [0.717, 1.165) is 11.1 Å². The molecule has 2 aromatic rings. The van der Waals surface area contributed by atoms with Crippen LogP contribution in [0.3, 0.4) is 0 Å². The van der Waals surface area contributed by atoms with E-state index in [4.69, 9.17) is 0 Å². The average Bonchev–Trinajstić information content (AvgIpc) is 2.46. The van der Waals surface area contributed by atoms with Crippen molar-refractivity contribution in [1.82, 2.24) is 0 Å². The van der Waals surface area contributed by atoms with Gasteiger partial charge in [-0.3, -0.25) is 0 Å². The molecule has 1 aliphatic rings. The molecule has 0 radical (unpaired) electrons. The molecular formula is C16H12F4. The first-order valence-corrected chi connectivity index (χ1v) is 6.36. The van der Waals surface area contributed by atoms with Gasteiger partial charge in [0.05, 0.1) is 0 Å². The van der Waals surface area contributed by atoms with Crippen molar-refractivity contribution in [1.29, 1.82) is 0 Å². The van der Waals surface area contributed by atoms with Crippen molar-refractivity contribution >= 4 is 10.8 Å². The lowest BCUT2D eigenvalue weighted by atomic mass is 9.84. The number of hydrogen-bond donors (Lipinski definition) is 0. The van der Waals surface area contributed by atoms with Crippen LogP contribution in [0.15, 0.2) is 12.2 Å². The van der Waals surface area contributed by atoms with E-state index in [2.05, 4.69) is 0 Å². The van der Waals surface area contributed by atoms with Crippen LogP contribution < -0.4 is 0 Å². The zero-order valence-electron chi connectivity index (χ0n) is 11.1. The first kappa shape index (κ1) is 13.2. The van der Waals surface area contributed by atoms with Crippen molar-refractivity contribution in [3.8, 4) is 0 Å². The molecule has 0 saturated carbocycles. The third-order valence-electron chi connectivity index (χ3n) is 4.10. The van der Waals surface area contributed by atoms with Crippen molar-refractivity contribution in [2.24, 2.45) is 0 Å². The minimum atomic E-state index is -1.75. The molecule has 0 nitrogen and oxygen atoms in total. The predicted molar refractivity (Wildman–Crippen MR) is 69.8 cm³/mol. The Morgan fingerprint density at radius 3 is 1.35 bits per heavy atom. The summed E-state index contributed by atoms with van der Waals surface area (Å²) in [6, 6.07) is 0. The monoisotopic (exact) mass is 280 g/mol. The SMILES string of the molecule is Cc1c2c(c(C)c3c(F)c(F)c(F)c(F)c13)CC=CC2. The second-order valence-corrected chi connectivity index (χ2v) is 5.09. The van der Waals surface area contributed by atoms with E-state index in [9.17, 15) is 17.6 Å². The van der Waals surface area contributed by atoms with E-state index < -0.39 is 23.3 Å². The van der Waals surface area contributed by atoms with Gasteiger partial charge in [-0.15, -0.1) is 0 Å². The molecule has 0 atom stereocenters. The average molecular weight is 280 g/mol.